The van der Waals surface area contributed by atoms with Crippen molar-refractivity contribution in [3.8, 4) is 5.75 Å². The Balaban J connectivity index is 0.000000308. The molecule has 0 radical (unpaired) electrons. The number of rotatable bonds is 4. The van der Waals surface area contributed by atoms with Gasteiger partial charge in [-0.05, 0) is 68.5 Å². The maximum absolute atomic E-state index is 13.4. The molecule has 0 spiro atoms. The van der Waals surface area contributed by atoms with Crippen LogP contribution in [0.5, 0.6) is 5.75 Å². The minimum Gasteiger partial charge on any atom is -0.495 e. The van der Waals surface area contributed by atoms with E-state index in [-0.39, 0.29) is 11.4 Å². The lowest BCUT2D eigenvalue weighted by Crippen LogP contribution is -2.28. The fourth-order valence-electron chi connectivity index (χ4n) is 4.57. The summed E-state index contributed by atoms with van der Waals surface area (Å²) in [5.41, 5.74) is 4.70. The summed E-state index contributed by atoms with van der Waals surface area (Å²) >= 11 is 0. The minimum atomic E-state index is -0.162. The first-order valence-electron chi connectivity index (χ1n) is 12.0. The van der Waals surface area contributed by atoms with Gasteiger partial charge in [-0.2, -0.15) is 0 Å². The van der Waals surface area contributed by atoms with Crippen molar-refractivity contribution >= 4 is 11.2 Å². The Morgan fingerprint density at radius 1 is 1.06 bits per heavy atom. The molecule has 0 saturated heterocycles. The van der Waals surface area contributed by atoms with Gasteiger partial charge in [0.2, 0.25) is 0 Å². The van der Waals surface area contributed by atoms with Gasteiger partial charge in [-0.3, -0.25) is 19.3 Å². The Bertz CT molecular complexity index is 1350. The Labute approximate surface area is 204 Å². The van der Waals surface area contributed by atoms with E-state index in [1.807, 2.05) is 38.1 Å². The van der Waals surface area contributed by atoms with E-state index in [9.17, 15) is 9.18 Å². The molecule has 0 amide bonds. The van der Waals surface area contributed by atoms with Crippen molar-refractivity contribution in [3.05, 3.63) is 93.5 Å². The molecule has 0 atom stereocenters. The molecule has 1 aromatic carbocycles. The van der Waals surface area contributed by atoms with Gasteiger partial charge in [0, 0.05) is 18.0 Å². The number of fused-ring (bicyclic) bond motifs is 1. The first kappa shape index (κ1) is 24.5. The van der Waals surface area contributed by atoms with Crippen LogP contribution in [0.25, 0.3) is 11.2 Å². The fourth-order valence-corrected chi connectivity index (χ4v) is 4.57. The van der Waals surface area contributed by atoms with Crippen molar-refractivity contribution in [2.24, 2.45) is 0 Å². The molecule has 35 heavy (non-hydrogen) atoms. The summed E-state index contributed by atoms with van der Waals surface area (Å²) in [7, 11) is 1.61. The number of hydrogen-bond acceptors (Lipinski definition) is 5. The number of pyridine rings is 2. The van der Waals surface area contributed by atoms with Crippen molar-refractivity contribution in [1.29, 1.82) is 0 Å². The molecule has 0 aliphatic heterocycles. The van der Waals surface area contributed by atoms with Crippen LogP contribution in [0.1, 0.15) is 60.5 Å². The van der Waals surface area contributed by atoms with Crippen LogP contribution in [0.15, 0.2) is 59.7 Å². The molecule has 7 heteroatoms. The Morgan fingerprint density at radius 3 is 2.54 bits per heavy atom. The summed E-state index contributed by atoms with van der Waals surface area (Å²) in [5, 5.41) is 0. The van der Waals surface area contributed by atoms with E-state index in [0.717, 1.165) is 35.2 Å². The summed E-state index contributed by atoms with van der Waals surface area (Å²) < 4.78 is 19.3. The summed E-state index contributed by atoms with van der Waals surface area (Å²) in [6.07, 6.45) is 9.20. The maximum Gasteiger partial charge on any atom is 0.256 e. The van der Waals surface area contributed by atoms with Gasteiger partial charge >= 0.3 is 0 Å². The first-order valence-corrected chi connectivity index (χ1v) is 12.0. The van der Waals surface area contributed by atoms with E-state index in [0.29, 0.717) is 29.6 Å². The van der Waals surface area contributed by atoms with E-state index in [2.05, 4.69) is 15.0 Å². The highest BCUT2D eigenvalue weighted by molar-refractivity contribution is 5.71. The molecule has 5 rings (SSSR count). The lowest BCUT2D eigenvalue weighted by atomic mass is 9.84. The monoisotopic (exact) mass is 474 g/mol. The number of hydrogen-bond donors (Lipinski definition) is 0. The van der Waals surface area contributed by atoms with Gasteiger partial charge in [-0.25, -0.2) is 9.37 Å². The second kappa shape index (κ2) is 11.2. The van der Waals surface area contributed by atoms with Gasteiger partial charge in [0.15, 0.2) is 5.65 Å². The molecule has 6 nitrogen and oxygen atoms in total. The predicted molar refractivity (Wildman–Crippen MR) is 135 cm³/mol. The summed E-state index contributed by atoms with van der Waals surface area (Å²) in [4.78, 5) is 27.0. The van der Waals surface area contributed by atoms with Crippen molar-refractivity contribution in [2.45, 2.75) is 58.4 Å². The fraction of sp³-hybridized carbons (Fsp3) is 0.357. The smallest absolute Gasteiger partial charge is 0.256 e. The summed E-state index contributed by atoms with van der Waals surface area (Å²) in [6, 6.07) is 12.1. The number of ether oxygens (including phenoxy) is 1. The zero-order valence-electron chi connectivity index (χ0n) is 20.5. The predicted octanol–water partition coefficient (Wildman–Crippen LogP) is 5.73. The van der Waals surface area contributed by atoms with Crippen LogP contribution in [-0.2, 0) is 6.54 Å². The SMILES string of the molecule is COc1cccnc1Cn1c(=O)c(C2CCCCC2)cc2ncc(C)nc21.Cc1cccc(F)c1. The van der Waals surface area contributed by atoms with E-state index < -0.39 is 0 Å². The van der Waals surface area contributed by atoms with E-state index in [4.69, 9.17) is 4.74 Å². The van der Waals surface area contributed by atoms with Crippen LogP contribution in [0, 0.1) is 19.7 Å². The highest BCUT2D eigenvalue weighted by Gasteiger charge is 2.22. The van der Waals surface area contributed by atoms with E-state index in [1.54, 1.807) is 30.1 Å². The van der Waals surface area contributed by atoms with Gasteiger partial charge < -0.3 is 4.74 Å². The van der Waals surface area contributed by atoms with Crippen molar-refractivity contribution in [2.75, 3.05) is 7.11 Å². The molecule has 3 heterocycles. The summed E-state index contributed by atoms with van der Waals surface area (Å²) in [6.45, 7) is 4.07. The molecule has 0 bridgehead atoms. The number of benzene rings is 1. The third-order valence-corrected chi connectivity index (χ3v) is 6.34. The molecule has 1 fully saturated rings. The quantitative estimate of drug-likeness (QED) is 0.378. The topological polar surface area (TPSA) is 69.9 Å². The van der Waals surface area contributed by atoms with Gasteiger partial charge in [-0.1, -0.05) is 31.4 Å². The molecule has 182 valence electrons. The third kappa shape index (κ3) is 5.91. The van der Waals surface area contributed by atoms with E-state index >= 15 is 0 Å². The van der Waals surface area contributed by atoms with Crippen molar-refractivity contribution in [1.82, 2.24) is 19.5 Å². The van der Waals surface area contributed by atoms with Gasteiger partial charge in [0.05, 0.1) is 19.3 Å². The minimum absolute atomic E-state index is 0.0157. The second-order valence-corrected chi connectivity index (χ2v) is 9.00. The number of halogens is 1. The maximum atomic E-state index is 13.4. The van der Waals surface area contributed by atoms with Gasteiger partial charge in [-0.15, -0.1) is 0 Å². The number of aromatic nitrogens is 4. The van der Waals surface area contributed by atoms with Crippen LogP contribution in [0.4, 0.5) is 4.39 Å². The van der Waals surface area contributed by atoms with Crippen molar-refractivity contribution < 1.29 is 9.13 Å². The Kier molecular flexibility index (Phi) is 7.85. The molecular weight excluding hydrogens is 443 g/mol. The first-order chi connectivity index (χ1) is 17.0. The van der Waals surface area contributed by atoms with Gasteiger partial charge in [0.25, 0.3) is 5.56 Å². The van der Waals surface area contributed by atoms with Crippen molar-refractivity contribution in [3.63, 3.8) is 0 Å². The molecule has 0 N–H and O–H groups in total. The normalized spacial score (nSPS) is 13.8. The van der Waals surface area contributed by atoms with Crippen LogP contribution >= 0.6 is 0 Å². The number of methoxy groups -OCH3 is 1. The Morgan fingerprint density at radius 2 is 1.86 bits per heavy atom. The number of aryl methyl sites for hydroxylation is 2. The standard InChI is InChI=1S/C21H24N4O2.C7H7F/c1-14-12-23-17-11-16(15-7-4-3-5-8-15)21(26)25(20(17)24-14)13-18-19(27-2)9-6-10-22-18;1-6-3-2-4-7(8)5-6/h6,9-12,15H,3-5,7-8,13H2,1-2H3;2-5H,1H3. The molecule has 3 aromatic heterocycles. The highest BCUT2D eigenvalue weighted by atomic mass is 19.1. The summed E-state index contributed by atoms with van der Waals surface area (Å²) in [5.74, 6) is 0.807. The molecule has 1 saturated carbocycles. The van der Waals surface area contributed by atoms with Gasteiger partial charge in [0.1, 0.15) is 22.8 Å². The van der Waals surface area contributed by atoms with Crippen LogP contribution in [0.3, 0.4) is 0 Å². The molecule has 0 unspecified atom stereocenters. The lowest BCUT2D eigenvalue weighted by molar-refractivity contribution is 0.405. The Hall–Kier alpha value is -3.61. The zero-order valence-corrected chi connectivity index (χ0v) is 20.5. The molecule has 4 aromatic rings. The zero-order chi connectivity index (χ0) is 24.8. The highest BCUT2D eigenvalue weighted by Crippen LogP contribution is 2.32. The molecular formula is C28H31FN4O2. The van der Waals surface area contributed by atoms with Crippen LogP contribution < -0.4 is 10.3 Å². The average Bonchev–Trinajstić information content (AvgIpc) is 2.87. The van der Waals surface area contributed by atoms with E-state index in [1.165, 1.54) is 31.4 Å². The lowest BCUT2D eigenvalue weighted by Gasteiger charge is -2.22. The number of nitrogens with zero attached hydrogens (tertiary/aromatic N) is 4. The average molecular weight is 475 g/mol. The molecule has 1 aliphatic rings. The van der Waals surface area contributed by atoms with Crippen LogP contribution in [-0.4, -0.2) is 26.6 Å². The second-order valence-electron chi connectivity index (χ2n) is 9.00. The largest absolute Gasteiger partial charge is 0.495 e. The third-order valence-electron chi connectivity index (χ3n) is 6.34. The van der Waals surface area contributed by atoms with Crippen LogP contribution in [0.2, 0.25) is 0 Å². The molecule has 1 aliphatic carbocycles.